The van der Waals surface area contributed by atoms with E-state index < -0.39 is 0 Å². The van der Waals surface area contributed by atoms with Crippen molar-refractivity contribution in [3.8, 4) is 11.4 Å². The van der Waals surface area contributed by atoms with Gasteiger partial charge in [0.15, 0.2) is 0 Å². The topological polar surface area (TPSA) is 22.8 Å². The van der Waals surface area contributed by atoms with Gasteiger partial charge >= 0.3 is 0 Å². The summed E-state index contributed by atoms with van der Waals surface area (Å²) in [6, 6.07) is 28.6. The number of nitrogens with zero attached hydrogens (tertiary/aromatic N) is 3. The predicted octanol–water partition coefficient (Wildman–Crippen LogP) is 9.18. The highest BCUT2D eigenvalue weighted by molar-refractivity contribution is 6.11. The minimum Gasteiger partial charge on any atom is -0.308 e. The number of pyridine rings is 1. The van der Waals surface area contributed by atoms with Crippen LogP contribution in [0.15, 0.2) is 104 Å². The lowest BCUT2D eigenvalue weighted by molar-refractivity contribution is 1.09. The summed E-state index contributed by atoms with van der Waals surface area (Å²) < 4.78 is 4.64. The van der Waals surface area contributed by atoms with E-state index in [1.54, 1.807) is 0 Å². The Hall–Kier alpha value is -4.89. The third-order valence-corrected chi connectivity index (χ3v) is 7.59. The molecule has 0 saturated carbocycles. The Morgan fingerprint density at radius 2 is 0.921 bits per heavy atom. The molecule has 0 saturated heterocycles. The smallest absolute Gasteiger partial charge is 0.0666 e. The van der Waals surface area contributed by atoms with Crippen LogP contribution in [0.1, 0.15) is 22.3 Å². The first kappa shape index (κ1) is 22.3. The Morgan fingerprint density at radius 1 is 0.526 bits per heavy atom. The second-order valence-electron chi connectivity index (χ2n) is 10.1. The van der Waals surface area contributed by atoms with Crippen molar-refractivity contribution in [2.75, 3.05) is 0 Å². The summed E-state index contributed by atoms with van der Waals surface area (Å²) in [5.74, 6) is 0. The van der Waals surface area contributed by atoms with Gasteiger partial charge in [-0.1, -0.05) is 60.7 Å². The molecule has 3 heterocycles. The summed E-state index contributed by atoms with van der Waals surface area (Å²) in [6.45, 7) is 12.3. The normalized spacial score (nSPS) is 11.6. The van der Waals surface area contributed by atoms with E-state index >= 15 is 0 Å². The van der Waals surface area contributed by atoms with E-state index in [2.05, 4.69) is 115 Å². The Bertz CT molecular complexity index is 1960. The van der Waals surface area contributed by atoms with Crippen LogP contribution in [0.2, 0.25) is 0 Å². The molecular formula is C35H27N3. The van der Waals surface area contributed by atoms with E-state index in [0.717, 1.165) is 33.5 Å². The number of rotatable bonds is 4. The maximum Gasteiger partial charge on any atom is 0.0666 e. The van der Waals surface area contributed by atoms with Crippen LogP contribution in [-0.4, -0.2) is 14.1 Å². The van der Waals surface area contributed by atoms with Gasteiger partial charge in [0.2, 0.25) is 0 Å². The fourth-order valence-corrected chi connectivity index (χ4v) is 5.78. The summed E-state index contributed by atoms with van der Waals surface area (Å²) in [4.78, 5) is 4.75. The fraction of sp³-hybridized carbons (Fsp3) is 0.0571. The second-order valence-corrected chi connectivity index (χ2v) is 10.1. The quantitative estimate of drug-likeness (QED) is 0.242. The number of fused-ring (bicyclic) bond motifs is 6. The molecular weight excluding hydrogens is 462 g/mol. The zero-order valence-electron chi connectivity index (χ0n) is 21.6. The molecule has 3 heteroatoms. The molecule has 0 N–H and O–H groups in total. The first-order valence-electron chi connectivity index (χ1n) is 12.9. The second kappa shape index (κ2) is 8.32. The van der Waals surface area contributed by atoms with Gasteiger partial charge in [-0.3, -0.25) is 4.98 Å². The van der Waals surface area contributed by atoms with Crippen LogP contribution < -0.4 is 0 Å². The maximum absolute atomic E-state index is 4.75. The zero-order valence-corrected chi connectivity index (χ0v) is 21.6. The Balaban J connectivity index is 1.53. The van der Waals surface area contributed by atoms with Crippen molar-refractivity contribution in [1.82, 2.24) is 14.1 Å². The SMILES string of the molecule is C=Cc1ccc2c(c1)c1cc(C=C)ccc1n2-c1cncc(-n2c3ccc(C)cc3c3cc(C)ccc32)c1. The van der Waals surface area contributed by atoms with Crippen molar-refractivity contribution in [2.24, 2.45) is 0 Å². The van der Waals surface area contributed by atoms with E-state index in [1.807, 2.05) is 24.5 Å². The first-order valence-corrected chi connectivity index (χ1v) is 12.9. The van der Waals surface area contributed by atoms with Gasteiger partial charge in [-0.05, 0) is 79.6 Å². The van der Waals surface area contributed by atoms with Gasteiger partial charge < -0.3 is 9.13 Å². The lowest BCUT2D eigenvalue weighted by Crippen LogP contribution is -2.00. The van der Waals surface area contributed by atoms with Crippen molar-refractivity contribution in [3.05, 3.63) is 127 Å². The molecule has 0 spiro atoms. The molecule has 0 fully saturated rings. The lowest BCUT2D eigenvalue weighted by atomic mass is 10.1. The Kier molecular flexibility index (Phi) is 4.89. The van der Waals surface area contributed by atoms with Crippen LogP contribution in [0.25, 0.3) is 67.1 Å². The summed E-state index contributed by atoms with van der Waals surface area (Å²) in [5.41, 5.74) is 11.4. The van der Waals surface area contributed by atoms with Gasteiger partial charge in [0.25, 0.3) is 0 Å². The Labute approximate surface area is 221 Å². The number of hydrogen-bond donors (Lipinski definition) is 0. The molecule has 0 amide bonds. The van der Waals surface area contributed by atoms with Gasteiger partial charge in [0.05, 0.1) is 45.8 Å². The summed E-state index contributed by atoms with van der Waals surface area (Å²) in [7, 11) is 0. The van der Waals surface area contributed by atoms with Crippen molar-refractivity contribution >= 4 is 55.8 Å². The van der Waals surface area contributed by atoms with Gasteiger partial charge in [-0.2, -0.15) is 0 Å². The van der Waals surface area contributed by atoms with Gasteiger partial charge in [-0.15, -0.1) is 0 Å². The summed E-state index contributed by atoms with van der Waals surface area (Å²) in [6.07, 6.45) is 7.71. The maximum atomic E-state index is 4.75. The van der Waals surface area contributed by atoms with Crippen LogP contribution >= 0.6 is 0 Å². The van der Waals surface area contributed by atoms with Crippen molar-refractivity contribution < 1.29 is 0 Å². The minimum atomic E-state index is 1.02. The third-order valence-electron chi connectivity index (χ3n) is 7.59. The highest BCUT2D eigenvalue weighted by Crippen LogP contribution is 2.36. The van der Waals surface area contributed by atoms with E-state index in [0.29, 0.717) is 0 Å². The minimum absolute atomic E-state index is 1.02. The van der Waals surface area contributed by atoms with Gasteiger partial charge in [-0.25, -0.2) is 0 Å². The first-order chi connectivity index (χ1) is 18.6. The van der Waals surface area contributed by atoms with Crippen molar-refractivity contribution in [2.45, 2.75) is 13.8 Å². The summed E-state index contributed by atoms with van der Waals surface area (Å²) in [5, 5.41) is 4.91. The molecule has 38 heavy (non-hydrogen) atoms. The molecule has 0 aliphatic heterocycles. The van der Waals surface area contributed by atoms with Crippen molar-refractivity contribution in [3.63, 3.8) is 0 Å². The molecule has 7 aromatic rings. The largest absolute Gasteiger partial charge is 0.308 e. The number of aromatic nitrogens is 3. The number of aryl methyl sites for hydroxylation is 2. The zero-order chi connectivity index (χ0) is 26.0. The standard InChI is InChI=1S/C35H27N3/c1-5-24-9-13-34-30(17-24)31-18-25(6-2)10-14-35(31)38(34)27-19-26(20-36-21-27)37-32-11-7-22(3)15-28(32)29-16-23(4)8-12-33(29)37/h5-21H,1-2H2,3-4H3. The highest BCUT2D eigenvalue weighted by atomic mass is 15.0. The third kappa shape index (κ3) is 3.25. The van der Waals surface area contributed by atoms with Crippen molar-refractivity contribution in [1.29, 1.82) is 0 Å². The molecule has 0 atom stereocenters. The van der Waals surface area contributed by atoms with Crippen LogP contribution in [0.5, 0.6) is 0 Å². The monoisotopic (exact) mass is 489 g/mol. The van der Waals surface area contributed by atoms with Crippen LogP contribution in [0.4, 0.5) is 0 Å². The van der Waals surface area contributed by atoms with Crippen LogP contribution in [-0.2, 0) is 0 Å². The van der Waals surface area contributed by atoms with E-state index in [-0.39, 0.29) is 0 Å². The molecule has 3 aromatic heterocycles. The molecule has 7 rings (SSSR count). The predicted molar refractivity (Wildman–Crippen MR) is 163 cm³/mol. The Morgan fingerprint density at radius 3 is 1.34 bits per heavy atom. The van der Waals surface area contributed by atoms with E-state index in [1.165, 1.54) is 43.7 Å². The van der Waals surface area contributed by atoms with E-state index in [4.69, 9.17) is 4.98 Å². The molecule has 3 nitrogen and oxygen atoms in total. The highest BCUT2D eigenvalue weighted by Gasteiger charge is 2.16. The molecule has 0 unspecified atom stereocenters. The van der Waals surface area contributed by atoms with Crippen LogP contribution in [0, 0.1) is 13.8 Å². The molecule has 0 aliphatic rings. The molecule has 4 aromatic carbocycles. The van der Waals surface area contributed by atoms with Crippen LogP contribution in [0.3, 0.4) is 0 Å². The molecule has 0 aliphatic carbocycles. The average Bonchev–Trinajstić information content (AvgIpc) is 3.44. The average molecular weight is 490 g/mol. The van der Waals surface area contributed by atoms with Gasteiger partial charge in [0.1, 0.15) is 0 Å². The summed E-state index contributed by atoms with van der Waals surface area (Å²) >= 11 is 0. The molecule has 182 valence electrons. The number of benzene rings is 4. The molecule has 0 bridgehead atoms. The fourth-order valence-electron chi connectivity index (χ4n) is 5.78. The number of hydrogen-bond acceptors (Lipinski definition) is 1. The van der Waals surface area contributed by atoms with E-state index in [9.17, 15) is 0 Å². The molecule has 0 radical (unpaired) electrons. The lowest BCUT2D eigenvalue weighted by Gasteiger charge is -2.12. The van der Waals surface area contributed by atoms with Gasteiger partial charge in [0, 0.05) is 21.5 Å².